The smallest absolute Gasteiger partial charge is 0.383 e. The molecule has 0 aliphatic rings. The zero-order chi connectivity index (χ0) is 11.8. The zero-order valence-corrected chi connectivity index (χ0v) is 6.95. The maximum atomic E-state index is 12.7. The largest absolute Gasteiger partial charge is 0.436 e. The van der Waals surface area contributed by atoms with Gasteiger partial charge in [-0.2, -0.15) is 13.2 Å². The third-order valence-corrected chi connectivity index (χ3v) is 1.54. The predicted octanol–water partition coefficient (Wildman–Crippen LogP) is 2.76. The molecule has 0 unspecified atom stereocenters. The summed E-state index contributed by atoms with van der Waals surface area (Å²) in [4.78, 5) is 2.56. The summed E-state index contributed by atoms with van der Waals surface area (Å²) in [6.07, 6.45) is -8.23. The lowest BCUT2D eigenvalue weighted by molar-refractivity contribution is -0.143. The van der Waals surface area contributed by atoms with Gasteiger partial charge < -0.3 is 5.73 Å². The maximum Gasteiger partial charge on any atom is 0.436 e. The molecule has 1 aromatic heterocycles. The lowest BCUT2D eigenvalue weighted by Crippen LogP contribution is -2.14. The van der Waals surface area contributed by atoms with Gasteiger partial charge in [0.2, 0.25) is 0 Å². The molecule has 1 heterocycles. The standard InChI is InChI=1S/C7H4F6N2/c8-3-1-2(5(9)10)6(14)15-4(3)7(11,12)13/h1,5H,(H2,14,15). The van der Waals surface area contributed by atoms with E-state index in [4.69, 9.17) is 5.73 Å². The fraction of sp³-hybridized carbons (Fsp3) is 0.286. The highest BCUT2D eigenvalue weighted by Crippen LogP contribution is 2.33. The van der Waals surface area contributed by atoms with E-state index >= 15 is 0 Å². The van der Waals surface area contributed by atoms with Gasteiger partial charge in [0.15, 0.2) is 11.5 Å². The van der Waals surface area contributed by atoms with Crippen molar-refractivity contribution in [2.75, 3.05) is 5.73 Å². The van der Waals surface area contributed by atoms with Gasteiger partial charge in [-0.15, -0.1) is 0 Å². The van der Waals surface area contributed by atoms with Gasteiger partial charge >= 0.3 is 6.18 Å². The zero-order valence-electron chi connectivity index (χ0n) is 6.95. The molecule has 15 heavy (non-hydrogen) atoms. The van der Waals surface area contributed by atoms with Crippen LogP contribution in [0.3, 0.4) is 0 Å². The fourth-order valence-corrected chi connectivity index (χ4v) is 0.891. The molecule has 0 aliphatic carbocycles. The van der Waals surface area contributed by atoms with Crippen molar-refractivity contribution in [2.24, 2.45) is 0 Å². The van der Waals surface area contributed by atoms with Gasteiger partial charge in [0.25, 0.3) is 6.43 Å². The molecular weight excluding hydrogens is 226 g/mol. The Morgan fingerprint density at radius 2 is 1.80 bits per heavy atom. The third-order valence-electron chi connectivity index (χ3n) is 1.54. The van der Waals surface area contributed by atoms with Crippen molar-refractivity contribution >= 4 is 5.82 Å². The first-order chi connectivity index (χ1) is 6.73. The summed E-state index contributed by atoms with van der Waals surface area (Å²) in [6, 6.07) is 0.0375. The van der Waals surface area contributed by atoms with Crippen LogP contribution in [0, 0.1) is 5.82 Å². The first-order valence-corrected chi connectivity index (χ1v) is 3.54. The quantitative estimate of drug-likeness (QED) is 0.753. The predicted molar refractivity (Wildman–Crippen MR) is 38.6 cm³/mol. The van der Waals surface area contributed by atoms with Crippen molar-refractivity contribution in [1.82, 2.24) is 4.98 Å². The van der Waals surface area contributed by atoms with Crippen LogP contribution in [0.4, 0.5) is 32.2 Å². The Labute approximate surface area is 79.7 Å². The van der Waals surface area contributed by atoms with Crippen molar-refractivity contribution < 1.29 is 26.3 Å². The highest BCUT2D eigenvalue weighted by atomic mass is 19.4. The highest BCUT2D eigenvalue weighted by Gasteiger charge is 2.37. The number of hydrogen-bond acceptors (Lipinski definition) is 2. The second-order valence-electron chi connectivity index (χ2n) is 2.59. The molecule has 0 atom stereocenters. The van der Waals surface area contributed by atoms with Crippen LogP contribution in [-0.4, -0.2) is 4.98 Å². The topological polar surface area (TPSA) is 38.9 Å². The summed E-state index contributed by atoms with van der Waals surface area (Å²) in [5, 5.41) is 0. The van der Waals surface area contributed by atoms with Crippen molar-refractivity contribution in [3.63, 3.8) is 0 Å². The first kappa shape index (κ1) is 11.6. The van der Waals surface area contributed by atoms with Gasteiger partial charge in [0.05, 0.1) is 5.56 Å². The van der Waals surface area contributed by atoms with Crippen molar-refractivity contribution in [1.29, 1.82) is 0 Å². The van der Waals surface area contributed by atoms with Gasteiger partial charge in [0.1, 0.15) is 5.82 Å². The van der Waals surface area contributed by atoms with Crippen LogP contribution in [0.2, 0.25) is 0 Å². The van der Waals surface area contributed by atoms with Crippen LogP contribution < -0.4 is 5.73 Å². The molecule has 0 radical (unpaired) electrons. The van der Waals surface area contributed by atoms with Crippen molar-refractivity contribution in [3.8, 4) is 0 Å². The van der Waals surface area contributed by atoms with Gasteiger partial charge in [-0.25, -0.2) is 18.2 Å². The normalized spacial score (nSPS) is 12.2. The van der Waals surface area contributed by atoms with E-state index in [9.17, 15) is 26.3 Å². The average Bonchev–Trinajstić information content (AvgIpc) is 2.06. The molecule has 0 amide bonds. The molecule has 2 nitrogen and oxygen atoms in total. The van der Waals surface area contributed by atoms with Crippen molar-refractivity contribution in [2.45, 2.75) is 12.6 Å². The van der Waals surface area contributed by atoms with E-state index in [1.54, 1.807) is 0 Å². The number of alkyl halides is 5. The summed E-state index contributed by atoms with van der Waals surface area (Å²) in [6.45, 7) is 0. The minimum atomic E-state index is -5.06. The van der Waals surface area contributed by atoms with Gasteiger partial charge in [0, 0.05) is 0 Å². The molecule has 0 aromatic carbocycles. The Morgan fingerprint density at radius 3 is 2.20 bits per heavy atom. The molecule has 0 aliphatic heterocycles. The number of nitrogens with zero attached hydrogens (tertiary/aromatic N) is 1. The molecule has 0 bridgehead atoms. The second-order valence-corrected chi connectivity index (χ2v) is 2.59. The first-order valence-electron chi connectivity index (χ1n) is 3.54. The van der Waals surface area contributed by atoms with Crippen molar-refractivity contribution in [3.05, 3.63) is 23.1 Å². The highest BCUT2D eigenvalue weighted by molar-refractivity contribution is 5.42. The van der Waals surface area contributed by atoms with E-state index in [0.717, 1.165) is 0 Å². The Balaban J connectivity index is 3.32. The summed E-state index contributed by atoms with van der Waals surface area (Å²) < 4.78 is 72.9. The van der Waals surface area contributed by atoms with Crippen LogP contribution in [0.5, 0.6) is 0 Å². The molecule has 0 fully saturated rings. The van der Waals surface area contributed by atoms with E-state index in [-0.39, 0.29) is 6.07 Å². The van der Waals surface area contributed by atoms with Crippen LogP contribution in [0.15, 0.2) is 6.07 Å². The van der Waals surface area contributed by atoms with Gasteiger partial charge in [-0.3, -0.25) is 0 Å². The number of nitrogens with two attached hydrogens (primary N) is 1. The Kier molecular flexibility index (Phi) is 2.78. The number of hydrogen-bond donors (Lipinski definition) is 1. The molecule has 84 valence electrons. The fourth-order valence-electron chi connectivity index (χ4n) is 0.891. The number of anilines is 1. The van der Waals surface area contributed by atoms with Crippen LogP contribution >= 0.6 is 0 Å². The molecular formula is C7H4F6N2. The lowest BCUT2D eigenvalue weighted by atomic mass is 10.2. The molecule has 0 saturated carbocycles. The molecule has 2 N–H and O–H groups in total. The Bertz CT molecular complexity index is 372. The number of rotatable bonds is 1. The van der Waals surface area contributed by atoms with E-state index in [2.05, 4.69) is 4.98 Å². The van der Waals surface area contributed by atoms with Crippen LogP contribution in [0.1, 0.15) is 17.7 Å². The molecule has 1 aromatic rings. The number of aromatic nitrogens is 1. The van der Waals surface area contributed by atoms with Gasteiger partial charge in [-0.1, -0.05) is 0 Å². The molecule has 0 spiro atoms. The van der Waals surface area contributed by atoms with E-state index in [1.807, 2.05) is 0 Å². The SMILES string of the molecule is Nc1nc(C(F)(F)F)c(F)cc1C(F)F. The molecule has 1 rings (SSSR count). The minimum Gasteiger partial charge on any atom is -0.383 e. The summed E-state index contributed by atoms with van der Waals surface area (Å²) in [5.41, 5.74) is 1.88. The molecule has 0 saturated heterocycles. The Hall–Kier alpha value is -1.47. The maximum absolute atomic E-state index is 12.7. The summed E-state index contributed by atoms with van der Waals surface area (Å²) in [5.74, 6) is -2.90. The number of halogens is 6. The van der Waals surface area contributed by atoms with E-state index < -0.39 is 35.5 Å². The lowest BCUT2D eigenvalue weighted by Gasteiger charge is -2.10. The van der Waals surface area contributed by atoms with E-state index in [1.165, 1.54) is 0 Å². The second kappa shape index (κ2) is 3.59. The summed E-state index contributed by atoms with van der Waals surface area (Å²) >= 11 is 0. The van der Waals surface area contributed by atoms with Gasteiger partial charge in [-0.05, 0) is 6.07 Å². The average molecular weight is 230 g/mol. The van der Waals surface area contributed by atoms with Crippen LogP contribution in [-0.2, 0) is 6.18 Å². The number of pyridine rings is 1. The van der Waals surface area contributed by atoms with Crippen LogP contribution in [0.25, 0.3) is 0 Å². The number of nitrogen functional groups attached to an aromatic ring is 1. The Morgan fingerprint density at radius 1 is 1.27 bits per heavy atom. The molecule has 8 heteroatoms. The summed E-state index contributed by atoms with van der Waals surface area (Å²) in [7, 11) is 0. The minimum absolute atomic E-state index is 0.0375. The van der Waals surface area contributed by atoms with E-state index in [0.29, 0.717) is 0 Å². The monoisotopic (exact) mass is 230 g/mol. The third kappa shape index (κ3) is 2.31.